The Bertz CT molecular complexity index is 379. The van der Waals surface area contributed by atoms with Crippen molar-refractivity contribution in [2.45, 2.75) is 52.1 Å². The van der Waals surface area contributed by atoms with Gasteiger partial charge in [0.25, 0.3) is 0 Å². The Morgan fingerprint density at radius 2 is 2.17 bits per heavy atom. The minimum absolute atomic E-state index is 0.126. The van der Waals surface area contributed by atoms with Gasteiger partial charge in [-0.25, -0.2) is 0 Å². The second-order valence-corrected chi connectivity index (χ2v) is 5.24. The molecule has 0 saturated carbocycles. The monoisotopic (exact) mass is 376 g/mol. The first-order valence-corrected chi connectivity index (χ1v) is 6.80. The third kappa shape index (κ3) is 5.55. The summed E-state index contributed by atoms with van der Waals surface area (Å²) in [6.45, 7) is 4.15. The van der Waals surface area contributed by atoms with Crippen molar-refractivity contribution in [2.24, 2.45) is 0 Å². The standard InChI is InChI=1S/C11H16F3IN2O/c1-3-8(2)18-7-10-9(15)6-17(16-10)5-4-11(12,13)14/h6,8H,3-5,7H2,1-2H3. The number of rotatable bonds is 6. The van der Waals surface area contributed by atoms with Gasteiger partial charge in [-0.2, -0.15) is 18.3 Å². The lowest BCUT2D eigenvalue weighted by molar-refractivity contribution is -0.137. The van der Waals surface area contributed by atoms with E-state index in [0.29, 0.717) is 12.3 Å². The third-order valence-corrected chi connectivity index (χ3v) is 3.39. The summed E-state index contributed by atoms with van der Waals surface area (Å²) >= 11 is 2.06. The fraction of sp³-hybridized carbons (Fsp3) is 0.727. The number of halogens is 4. The number of aromatic nitrogens is 2. The van der Waals surface area contributed by atoms with Crippen LogP contribution in [0.5, 0.6) is 0 Å². The maximum Gasteiger partial charge on any atom is 0.390 e. The average molecular weight is 376 g/mol. The molecule has 0 aliphatic rings. The first-order chi connectivity index (χ1) is 8.31. The number of hydrogen-bond acceptors (Lipinski definition) is 2. The molecule has 0 amide bonds. The summed E-state index contributed by atoms with van der Waals surface area (Å²) in [4.78, 5) is 0. The fourth-order valence-corrected chi connectivity index (χ4v) is 1.81. The topological polar surface area (TPSA) is 27.1 Å². The summed E-state index contributed by atoms with van der Waals surface area (Å²) in [6, 6.07) is 0. The fourth-order valence-electron chi connectivity index (χ4n) is 1.23. The predicted octanol–water partition coefficient (Wildman–Crippen LogP) is 3.76. The molecule has 1 heterocycles. The highest BCUT2D eigenvalue weighted by Crippen LogP contribution is 2.21. The molecule has 104 valence electrons. The molecule has 0 N–H and O–H groups in total. The average Bonchev–Trinajstić information content (AvgIpc) is 2.63. The van der Waals surface area contributed by atoms with Crippen molar-refractivity contribution in [2.75, 3.05) is 0 Å². The quantitative estimate of drug-likeness (QED) is 0.708. The van der Waals surface area contributed by atoms with Crippen molar-refractivity contribution < 1.29 is 17.9 Å². The van der Waals surface area contributed by atoms with E-state index in [4.69, 9.17) is 4.74 Å². The van der Waals surface area contributed by atoms with Gasteiger partial charge in [0.15, 0.2) is 0 Å². The van der Waals surface area contributed by atoms with E-state index in [1.165, 1.54) is 4.68 Å². The Morgan fingerprint density at radius 1 is 1.50 bits per heavy atom. The van der Waals surface area contributed by atoms with Gasteiger partial charge in [0.05, 0.1) is 22.7 Å². The summed E-state index contributed by atoms with van der Waals surface area (Å²) in [5.74, 6) is 0. The molecular formula is C11H16F3IN2O. The van der Waals surface area contributed by atoms with Crippen LogP contribution in [0.2, 0.25) is 0 Å². The zero-order chi connectivity index (χ0) is 13.8. The number of ether oxygens (including phenoxy) is 1. The van der Waals surface area contributed by atoms with Crippen LogP contribution in [0.3, 0.4) is 0 Å². The molecular weight excluding hydrogens is 360 g/mol. The van der Waals surface area contributed by atoms with Crippen molar-refractivity contribution >= 4 is 22.6 Å². The molecule has 0 aromatic carbocycles. The van der Waals surface area contributed by atoms with E-state index < -0.39 is 12.6 Å². The number of alkyl halides is 3. The maximum atomic E-state index is 12.1. The van der Waals surface area contributed by atoms with Gasteiger partial charge in [0, 0.05) is 12.7 Å². The largest absolute Gasteiger partial charge is 0.390 e. The molecule has 0 aliphatic heterocycles. The molecule has 3 nitrogen and oxygen atoms in total. The highest BCUT2D eigenvalue weighted by molar-refractivity contribution is 14.1. The van der Waals surface area contributed by atoms with Gasteiger partial charge in [-0.1, -0.05) is 6.92 Å². The molecule has 1 rings (SSSR count). The van der Waals surface area contributed by atoms with Crippen molar-refractivity contribution in [3.63, 3.8) is 0 Å². The molecule has 0 aliphatic carbocycles. The molecule has 0 spiro atoms. The minimum atomic E-state index is -4.15. The molecule has 0 radical (unpaired) electrons. The lowest BCUT2D eigenvalue weighted by Crippen LogP contribution is -2.13. The van der Waals surface area contributed by atoms with E-state index in [2.05, 4.69) is 27.7 Å². The summed E-state index contributed by atoms with van der Waals surface area (Å²) < 4.78 is 43.9. The number of nitrogens with zero attached hydrogens (tertiary/aromatic N) is 2. The van der Waals surface area contributed by atoms with Crippen LogP contribution in [0.1, 0.15) is 32.4 Å². The molecule has 0 fully saturated rings. The molecule has 1 unspecified atom stereocenters. The van der Waals surface area contributed by atoms with Crippen molar-refractivity contribution in [3.05, 3.63) is 15.5 Å². The normalized spacial score (nSPS) is 13.9. The summed E-state index contributed by atoms with van der Waals surface area (Å²) in [5.41, 5.74) is 0.693. The van der Waals surface area contributed by atoms with E-state index >= 15 is 0 Å². The first-order valence-electron chi connectivity index (χ1n) is 5.72. The van der Waals surface area contributed by atoms with Crippen molar-refractivity contribution in [1.29, 1.82) is 0 Å². The zero-order valence-corrected chi connectivity index (χ0v) is 12.5. The Kier molecular flexibility index (Phi) is 5.90. The van der Waals surface area contributed by atoms with Gasteiger partial charge >= 0.3 is 6.18 Å². The Labute approximate surface area is 118 Å². The van der Waals surface area contributed by atoms with Crippen LogP contribution < -0.4 is 0 Å². The van der Waals surface area contributed by atoms with Gasteiger partial charge in [0.2, 0.25) is 0 Å². The van der Waals surface area contributed by atoms with Gasteiger partial charge in [-0.15, -0.1) is 0 Å². The van der Waals surface area contributed by atoms with Crippen LogP contribution in [0.15, 0.2) is 6.20 Å². The highest BCUT2D eigenvalue weighted by Gasteiger charge is 2.27. The van der Waals surface area contributed by atoms with Crippen molar-refractivity contribution in [1.82, 2.24) is 9.78 Å². The third-order valence-electron chi connectivity index (χ3n) is 2.49. The molecule has 1 aromatic rings. The molecule has 0 bridgehead atoms. The SMILES string of the molecule is CCC(C)OCc1nn(CCC(F)(F)F)cc1I. The number of aryl methyl sites for hydroxylation is 1. The summed E-state index contributed by atoms with van der Waals surface area (Å²) in [5, 5.41) is 4.10. The Morgan fingerprint density at radius 3 is 2.72 bits per heavy atom. The van der Waals surface area contributed by atoms with Crippen LogP contribution in [0.4, 0.5) is 13.2 Å². The van der Waals surface area contributed by atoms with Gasteiger partial charge < -0.3 is 4.74 Å². The first kappa shape index (κ1) is 15.7. The van der Waals surface area contributed by atoms with Crippen LogP contribution in [-0.4, -0.2) is 22.1 Å². The number of hydrogen-bond donors (Lipinski definition) is 0. The van der Waals surface area contributed by atoms with Crippen LogP contribution >= 0.6 is 22.6 Å². The Balaban J connectivity index is 2.53. The Hall–Kier alpha value is -0.310. The lowest BCUT2D eigenvalue weighted by atomic mass is 10.3. The smallest absolute Gasteiger partial charge is 0.372 e. The van der Waals surface area contributed by atoms with E-state index in [1.54, 1.807) is 6.20 Å². The van der Waals surface area contributed by atoms with E-state index in [9.17, 15) is 13.2 Å². The molecule has 1 atom stereocenters. The van der Waals surface area contributed by atoms with Crippen LogP contribution in [-0.2, 0) is 17.9 Å². The van der Waals surface area contributed by atoms with Gasteiger partial charge in [-0.05, 0) is 35.9 Å². The van der Waals surface area contributed by atoms with Gasteiger partial charge in [0.1, 0.15) is 5.69 Å². The predicted molar refractivity (Wildman–Crippen MR) is 70.2 cm³/mol. The summed E-state index contributed by atoms with van der Waals surface area (Å²) in [7, 11) is 0. The van der Waals surface area contributed by atoms with E-state index in [0.717, 1.165) is 9.99 Å². The van der Waals surface area contributed by atoms with Crippen LogP contribution in [0.25, 0.3) is 0 Å². The molecule has 18 heavy (non-hydrogen) atoms. The molecule has 7 heteroatoms. The summed E-state index contributed by atoms with van der Waals surface area (Å²) in [6.07, 6.45) is -2.38. The van der Waals surface area contributed by atoms with E-state index in [1.807, 2.05) is 13.8 Å². The second-order valence-electron chi connectivity index (χ2n) is 4.08. The van der Waals surface area contributed by atoms with E-state index in [-0.39, 0.29) is 12.6 Å². The zero-order valence-electron chi connectivity index (χ0n) is 10.3. The van der Waals surface area contributed by atoms with Gasteiger partial charge in [-0.3, -0.25) is 4.68 Å². The van der Waals surface area contributed by atoms with Crippen molar-refractivity contribution in [3.8, 4) is 0 Å². The molecule has 1 aromatic heterocycles. The lowest BCUT2D eigenvalue weighted by Gasteiger charge is -2.09. The second kappa shape index (κ2) is 6.74. The minimum Gasteiger partial charge on any atom is -0.372 e. The van der Waals surface area contributed by atoms with Crippen LogP contribution in [0, 0.1) is 3.57 Å². The molecule has 0 saturated heterocycles. The highest BCUT2D eigenvalue weighted by atomic mass is 127. The maximum absolute atomic E-state index is 12.1.